The van der Waals surface area contributed by atoms with Crippen molar-refractivity contribution in [1.29, 1.82) is 0 Å². The van der Waals surface area contributed by atoms with Crippen LogP contribution in [0.1, 0.15) is 46.4 Å². The van der Waals surface area contributed by atoms with Crippen LogP contribution in [-0.4, -0.2) is 41.3 Å². The zero-order chi connectivity index (χ0) is 22.5. The maximum absolute atomic E-state index is 12.8. The van der Waals surface area contributed by atoms with E-state index in [-0.39, 0.29) is 18.1 Å². The van der Waals surface area contributed by atoms with Gasteiger partial charge in [-0.2, -0.15) is 5.10 Å². The van der Waals surface area contributed by atoms with Crippen LogP contribution in [0.15, 0.2) is 54.9 Å². The van der Waals surface area contributed by atoms with E-state index in [1.807, 2.05) is 12.1 Å². The monoisotopic (exact) mass is 434 g/mol. The summed E-state index contributed by atoms with van der Waals surface area (Å²) in [5.74, 6) is 0.489. The number of aromatic nitrogens is 2. The summed E-state index contributed by atoms with van der Waals surface area (Å²) >= 11 is 0. The van der Waals surface area contributed by atoms with Crippen LogP contribution in [0.2, 0.25) is 0 Å². The van der Waals surface area contributed by atoms with E-state index >= 15 is 0 Å². The predicted octanol–water partition coefficient (Wildman–Crippen LogP) is 3.30. The third-order valence-electron chi connectivity index (χ3n) is 5.73. The van der Waals surface area contributed by atoms with E-state index in [0.29, 0.717) is 22.6 Å². The van der Waals surface area contributed by atoms with Gasteiger partial charge in [-0.15, -0.1) is 0 Å². The topological polar surface area (TPSA) is 119 Å². The lowest BCUT2D eigenvalue weighted by Crippen LogP contribution is -2.39. The van der Waals surface area contributed by atoms with Crippen molar-refractivity contribution in [2.45, 2.75) is 37.8 Å². The van der Waals surface area contributed by atoms with Crippen LogP contribution in [0.4, 0.5) is 0 Å². The SMILES string of the molecule is COc1cc(C(=O)NC2CCC(Oc3ccccc3C(N)=O)CC2)ccc1-c1cn[nH]c1. The molecule has 0 spiro atoms. The summed E-state index contributed by atoms with van der Waals surface area (Å²) in [7, 11) is 1.58. The maximum atomic E-state index is 12.8. The average Bonchev–Trinajstić information content (AvgIpc) is 3.35. The van der Waals surface area contributed by atoms with Crippen LogP contribution in [-0.2, 0) is 0 Å². The summed E-state index contributed by atoms with van der Waals surface area (Å²) in [5, 5.41) is 9.85. The number of ether oxygens (including phenoxy) is 2. The van der Waals surface area contributed by atoms with Gasteiger partial charge in [0.25, 0.3) is 11.8 Å². The lowest BCUT2D eigenvalue weighted by atomic mass is 9.92. The van der Waals surface area contributed by atoms with Crippen LogP contribution in [0.25, 0.3) is 11.1 Å². The van der Waals surface area contributed by atoms with Gasteiger partial charge in [-0.1, -0.05) is 12.1 Å². The van der Waals surface area contributed by atoms with E-state index in [1.54, 1.807) is 49.8 Å². The first-order valence-corrected chi connectivity index (χ1v) is 10.6. The van der Waals surface area contributed by atoms with Gasteiger partial charge < -0.3 is 20.5 Å². The summed E-state index contributed by atoms with van der Waals surface area (Å²) in [5.41, 5.74) is 8.12. The molecule has 0 aliphatic heterocycles. The largest absolute Gasteiger partial charge is 0.496 e. The second-order valence-electron chi connectivity index (χ2n) is 7.83. The molecule has 0 radical (unpaired) electrons. The van der Waals surface area contributed by atoms with E-state index in [1.165, 1.54) is 0 Å². The first-order chi connectivity index (χ1) is 15.5. The number of hydrogen-bond donors (Lipinski definition) is 3. The summed E-state index contributed by atoms with van der Waals surface area (Å²) in [6, 6.07) is 12.5. The zero-order valence-electron chi connectivity index (χ0n) is 17.8. The minimum atomic E-state index is -0.504. The van der Waals surface area contributed by atoms with Gasteiger partial charge in [-0.3, -0.25) is 14.7 Å². The highest BCUT2D eigenvalue weighted by Crippen LogP contribution is 2.31. The Morgan fingerprint density at radius 2 is 1.88 bits per heavy atom. The number of benzene rings is 2. The Morgan fingerprint density at radius 1 is 1.09 bits per heavy atom. The number of rotatable bonds is 7. The molecular weight excluding hydrogens is 408 g/mol. The molecule has 1 fully saturated rings. The molecule has 32 heavy (non-hydrogen) atoms. The maximum Gasteiger partial charge on any atom is 0.252 e. The van der Waals surface area contributed by atoms with Gasteiger partial charge in [0.05, 0.1) is 25.0 Å². The Balaban J connectivity index is 1.34. The number of nitrogens with zero attached hydrogens (tertiary/aromatic N) is 1. The Bertz CT molecular complexity index is 1090. The number of para-hydroxylation sites is 1. The van der Waals surface area contributed by atoms with Crippen LogP contribution in [0.5, 0.6) is 11.5 Å². The van der Waals surface area contributed by atoms with Crippen molar-refractivity contribution in [1.82, 2.24) is 15.5 Å². The van der Waals surface area contributed by atoms with Gasteiger partial charge in [0.15, 0.2) is 0 Å². The molecule has 166 valence electrons. The van der Waals surface area contributed by atoms with Gasteiger partial charge in [-0.05, 0) is 56.0 Å². The molecule has 2 amide bonds. The lowest BCUT2D eigenvalue weighted by Gasteiger charge is -2.30. The number of primary amides is 1. The molecule has 8 nitrogen and oxygen atoms in total. The van der Waals surface area contributed by atoms with Gasteiger partial charge in [0, 0.05) is 28.9 Å². The molecule has 1 saturated carbocycles. The summed E-state index contributed by atoms with van der Waals surface area (Å²) in [6.45, 7) is 0. The Labute approximate surface area is 186 Å². The highest BCUT2D eigenvalue weighted by atomic mass is 16.5. The van der Waals surface area contributed by atoms with Crippen molar-refractivity contribution >= 4 is 11.8 Å². The minimum absolute atomic E-state index is 0.0158. The number of nitrogens with one attached hydrogen (secondary N) is 2. The van der Waals surface area contributed by atoms with Crippen molar-refractivity contribution in [2.75, 3.05) is 7.11 Å². The fourth-order valence-corrected chi connectivity index (χ4v) is 4.02. The molecule has 4 rings (SSSR count). The number of nitrogens with two attached hydrogens (primary N) is 1. The number of amides is 2. The molecule has 0 unspecified atom stereocenters. The van der Waals surface area contributed by atoms with Crippen LogP contribution in [0.3, 0.4) is 0 Å². The van der Waals surface area contributed by atoms with Crippen molar-refractivity contribution in [3.8, 4) is 22.6 Å². The van der Waals surface area contributed by atoms with Crippen molar-refractivity contribution in [3.63, 3.8) is 0 Å². The predicted molar refractivity (Wildman–Crippen MR) is 120 cm³/mol. The molecule has 0 saturated heterocycles. The molecule has 1 aliphatic carbocycles. The zero-order valence-corrected chi connectivity index (χ0v) is 17.8. The smallest absolute Gasteiger partial charge is 0.252 e. The summed E-state index contributed by atoms with van der Waals surface area (Å²) in [4.78, 5) is 24.4. The summed E-state index contributed by atoms with van der Waals surface area (Å²) < 4.78 is 11.5. The number of aromatic amines is 1. The molecular formula is C24H26N4O4. The van der Waals surface area contributed by atoms with Crippen molar-refractivity contribution in [2.24, 2.45) is 5.73 Å². The van der Waals surface area contributed by atoms with Crippen LogP contribution >= 0.6 is 0 Å². The molecule has 3 aromatic rings. The van der Waals surface area contributed by atoms with Crippen LogP contribution in [0, 0.1) is 0 Å². The van der Waals surface area contributed by atoms with E-state index in [9.17, 15) is 9.59 Å². The van der Waals surface area contributed by atoms with Crippen LogP contribution < -0.4 is 20.5 Å². The number of carbonyl (C=O) groups excluding carboxylic acids is 2. The summed E-state index contributed by atoms with van der Waals surface area (Å²) in [6.07, 6.45) is 6.61. The molecule has 0 bridgehead atoms. The lowest BCUT2D eigenvalue weighted by molar-refractivity contribution is 0.0886. The second kappa shape index (κ2) is 9.55. The fraction of sp³-hybridized carbons (Fsp3) is 0.292. The van der Waals surface area contributed by atoms with E-state index in [0.717, 1.165) is 36.8 Å². The van der Waals surface area contributed by atoms with E-state index in [2.05, 4.69) is 15.5 Å². The molecule has 1 aromatic heterocycles. The average molecular weight is 434 g/mol. The normalized spacial score (nSPS) is 18.0. The van der Waals surface area contributed by atoms with Gasteiger partial charge in [-0.25, -0.2) is 0 Å². The quantitative estimate of drug-likeness (QED) is 0.527. The molecule has 4 N–H and O–H groups in total. The van der Waals surface area contributed by atoms with Gasteiger partial charge >= 0.3 is 0 Å². The number of carbonyl (C=O) groups is 2. The van der Waals surface area contributed by atoms with E-state index in [4.69, 9.17) is 15.2 Å². The third kappa shape index (κ3) is 4.74. The molecule has 2 aromatic carbocycles. The minimum Gasteiger partial charge on any atom is -0.496 e. The number of hydrogen-bond acceptors (Lipinski definition) is 5. The standard InChI is InChI=1S/C24H26N4O4/c1-31-22-12-15(6-11-19(22)16-13-26-27-14-16)24(30)28-17-7-9-18(10-8-17)32-21-5-3-2-4-20(21)23(25)29/h2-6,11-14,17-18H,7-10H2,1H3,(H2,25,29)(H,26,27)(H,28,30). The Hall–Kier alpha value is -3.81. The Kier molecular flexibility index (Phi) is 6.39. The molecule has 1 heterocycles. The molecule has 1 aliphatic rings. The molecule has 8 heteroatoms. The second-order valence-corrected chi connectivity index (χ2v) is 7.83. The third-order valence-corrected chi connectivity index (χ3v) is 5.73. The number of H-pyrrole nitrogens is 1. The molecule has 0 atom stereocenters. The van der Waals surface area contributed by atoms with Gasteiger partial charge in [0.2, 0.25) is 0 Å². The fourth-order valence-electron chi connectivity index (χ4n) is 4.02. The number of methoxy groups -OCH3 is 1. The Morgan fingerprint density at radius 3 is 2.56 bits per heavy atom. The first-order valence-electron chi connectivity index (χ1n) is 10.6. The van der Waals surface area contributed by atoms with E-state index < -0.39 is 5.91 Å². The van der Waals surface area contributed by atoms with Gasteiger partial charge in [0.1, 0.15) is 11.5 Å². The van der Waals surface area contributed by atoms with Crippen molar-refractivity contribution < 1.29 is 19.1 Å². The first kappa shape index (κ1) is 21.4. The highest BCUT2D eigenvalue weighted by molar-refractivity contribution is 5.96. The van der Waals surface area contributed by atoms with Crippen molar-refractivity contribution in [3.05, 3.63) is 66.0 Å². The highest BCUT2D eigenvalue weighted by Gasteiger charge is 2.25.